The lowest BCUT2D eigenvalue weighted by Crippen LogP contribution is -2.01. The third-order valence-electron chi connectivity index (χ3n) is 2.71. The van der Waals surface area contributed by atoms with Gasteiger partial charge >= 0.3 is 5.69 Å². The van der Waals surface area contributed by atoms with Crippen LogP contribution in [0.4, 0.5) is 14.5 Å². The van der Waals surface area contributed by atoms with Crippen molar-refractivity contribution >= 4 is 5.69 Å². The van der Waals surface area contributed by atoms with Crippen molar-refractivity contribution in [3.05, 3.63) is 69.3 Å². The van der Waals surface area contributed by atoms with E-state index in [1.165, 1.54) is 24.3 Å². The molecule has 7 heteroatoms. The van der Waals surface area contributed by atoms with Gasteiger partial charge in [0, 0.05) is 17.7 Å². The number of hydrogen-bond donors (Lipinski definition) is 0. The van der Waals surface area contributed by atoms with Gasteiger partial charge in [-0.2, -0.15) is 9.65 Å². The zero-order valence-corrected chi connectivity index (χ0v) is 10.5. The Morgan fingerprint density at radius 1 is 1.29 bits per heavy atom. The number of rotatable bonds is 4. The van der Waals surface area contributed by atoms with E-state index >= 15 is 0 Å². The monoisotopic (exact) mass is 290 g/mol. The molecule has 0 aliphatic carbocycles. The quantitative estimate of drug-likeness (QED) is 0.639. The second kappa shape index (κ2) is 5.96. The summed E-state index contributed by atoms with van der Waals surface area (Å²) >= 11 is 0. The van der Waals surface area contributed by atoms with Crippen LogP contribution < -0.4 is 4.74 Å². The van der Waals surface area contributed by atoms with E-state index in [2.05, 4.69) is 0 Å². The maximum atomic E-state index is 13.8. The summed E-state index contributed by atoms with van der Waals surface area (Å²) in [6.07, 6.45) is 0. The number of halogens is 2. The number of benzene rings is 2. The fourth-order valence-corrected chi connectivity index (χ4v) is 1.66. The molecule has 0 spiro atoms. The molecule has 106 valence electrons. The summed E-state index contributed by atoms with van der Waals surface area (Å²) in [5.41, 5.74) is -0.654. The van der Waals surface area contributed by atoms with Crippen molar-refractivity contribution in [2.75, 3.05) is 0 Å². The van der Waals surface area contributed by atoms with Gasteiger partial charge in [0.1, 0.15) is 24.2 Å². The molecule has 0 saturated carbocycles. The molecule has 0 fully saturated rings. The average Bonchev–Trinajstić information content (AvgIpc) is 2.46. The predicted octanol–water partition coefficient (Wildman–Crippen LogP) is 3.32. The number of nitro benzene ring substituents is 1. The van der Waals surface area contributed by atoms with E-state index in [9.17, 15) is 18.9 Å². The Bertz CT molecular complexity index is 741. The molecule has 5 nitrogen and oxygen atoms in total. The standard InChI is InChI=1S/C14H8F2N2O3/c15-12-6-11(4-5-13(12)18(19)20)21-8-10-3-1-2-9(7-17)14(10)16/h1-6H,8H2. The lowest BCUT2D eigenvalue weighted by Gasteiger charge is -2.08. The third-order valence-corrected chi connectivity index (χ3v) is 2.71. The summed E-state index contributed by atoms with van der Waals surface area (Å²) in [7, 11) is 0. The van der Waals surface area contributed by atoms with Crippen LogP contribution in [-0.2, 0) is 6.61 Å². The fourth-order valence-electron chi connectivity index (χ4n) is 1.66. The molecule has 0 atom stereocenters. The highest BCUT2D eigenvalue weighted by Crippen LogP contribution is 2.23. The van der Waals surface area contributed by atoms with Crippen molar-refractivity contribution in [2.45, 2.75) is 6.61 Å². The van der Waals surface area contributed by atoms with Crippen LogP contribution in [0.3, 0.4) is 0 Å². The Morgan fingerprint density at radius 3 is 2.67 bits per heavy atom. The number of hydrogen-bond acceptors (Lipinski definition) is 4. The largest absolute Gasteiger partial charge is 0.489 e. The van der Waals surface area contributed by atoms with Gasteiger partial charge in [0.05, 0.1) is 10.5 Å². The Kier molecular flexibility index (Phi) is 4.09. The Hall–Kier alpha value is -3.01. The van der Waals surface area contributed by atoms with Gasteiger partial charge in [0.2, 0.25) is 5.82 Å². The second-order valence-corrected chi connectivity index (χ2v) is 4.05. The molecule has 0 aliphatic heterocycles. The molecule has 21 heavy (non-hydrogen) atoms. The van der Waals surface area contributed by atoms with Crippen LogP contribution in [0, 0.1) is 33.1 Å². The Labute approximate surface area is 118 Å². The summed E-state index contributed by atoms with van der Waals surface area (Å²) < 4.78 is 32.3. The zero-order valence-electron chi connectivity index (χ0n) is 10.5. The molecule has 2 rings (SSSR count). The summed E-state index contributed by atoms with van der Waals surface area (Å²) in [6.45, 7) is -0.224. The minimum absolute atomic E-state index is 0.0276. The first-order chi connectivity index (χ1) is 10.0. The summed E-state index contributed by atoms with van der Waals surface area (Å²) in [5, 5.41) is 19.2. The molecule has 2 aromatic rings. The van der Waals surface area contributed by atoms with E-state index in [0.717, 1.165) is 12.1 Å². The first-order valence-corrected chi connectivity index (χ1v) is 5.77. The van der Waals surface area contributed by atoms with Crippen molar-refractivity contribution in [2.24, 2.45) is 0 Å². The van der Waals surface area contributed by atoms with Gasteiger partial charge in [-0.3, -0.25) is 10.1 Å². The van der Waals surface area contributed by atoms with Crippen molar-refractivity contribution in [1.82, 2.24) is 0 Å². The smallest absolute Gasteiger partial charge is 0.305 e. The van der Waals surface area contributed by atoms with Crippen molar-refractivity contribution in [3.63, 3.8) is 0 Å². The van der Waals surface area contributed by atoms with Crippen LogP contribution in [-0.4, -0.2) is 4.92 Å². The van der Waals surface area contributed by atoms with Crippen LogP contribution in [0.5, 0.6) is 5.75 Å². The average molecular weight is 290 g/mol. The maximum absolute atomic E-state index is 13.8. The van der Waals surface area contributed by atoms with Crippen molar-refractivity contribution in [1.29, 1.82) is 5.26 Å². The molecule has 0 amide bonds. The maximum Gasteiger partial charge on any atom is 0.305 e. The van der Waals surface area contributed by atoms with Gasteiger partial charge < -0.3 is 4.74 Å². The topological polar surface area (TPSA) is 76.2 Å². The summed E-state index contributed by atoms with van der Waals surface area (Å²) in [6, 6.07) is 8.98. The van der Waals surface area contributed by atoms with Crippen LogP contribution in [0.1, 0.15) is 11.1 Å². The molecule has 0 N–H and O–H groups in total. The predicted molar refractivity (Wildman–Crippen MR) is 68.5 cm³/mol. The van der Waals surface area contributed by atoms with Crippen molar-refractivity contribution < 1.29 is 18.4 Å². The van der Waals surface area contributed by atoms with Gasteiger partial charge in [-0.15, -0.1) is 0 Å². The first-order valence-electron chi connectivity index (χ1n) is 5.77. The normalized spacial score (nSPS) is 9.95. The summed E-state index contributed by atoms with van der Waals surface area (Å²) in [5.74, 6) is -1.72. The fraction of sp³-hybridized carbons (Fsp3) is 0.0714. The van der Waals surface area contributed by atoms with E-state index in [1.807, 2.05) is 0 Å². The molecule has 2 aromatic carbocycles. The zero-order chi connectivity index (χ0) is 15.4. The highest BCUT2D eigenvalue weighted by molar-refractivity contribution is 5.38. The number of nitrogens with zero attached hydrogens (tertiary/aromatic N) is 2. The Balaban J connectivity index is 2.16. The number of nitro groups is 1. The number of ether oxygens (including phenoxy) is 1. The van der Waals surface area contributed by atoms with E-state index in [0.29, 0.717) is 0 Å². The van der Waals surface area contributed by atoms with E-state index in [4.69, 9.17) is 10.00 Å². The van der Waals surface area contributed by atoms with Gasteiger partial charge in [0.25, 0.3) is 0 Å². The molecular formula is C14H8F2N2O3. The highest BCUT2D eigenvalue weighted by Gasteiger charge is 2.15. The van der Waals surface area contributed by atoms with Crippen LogP contribution in [0.15, 0.2) is 36.4 Å². The second-order valence-electron chi connectivity index (χ2n) is 4.05. The molecule has 0 saturated heterocycles. The van der Waals surface area contributed by atoms with E-state index < -0.39 is 22.2 Å². The van der Waals surface area contributed by atoms with Gasteiger partial charge in [0.15, 0.2) is 0 Å². The molecular weight excluding hydrogens is 282 g/mol. The summed E-state index contributed by atoms with van der Waals surface area (Å²) in [4.78, 5) is 9.62. The third kappa shape index (κ3) is 3.12. The van der Waals surface area contributed by atoms with Crippen molar-refractivity contribution in [3.8, 4) is 11.8 Å². The van der Waals surface area contributed by atoms with Gasteiger partial charge in [-0.25, -0.2) is 4.39 Å². The van der Waals surface area contributed by atoms with E-state index in [1.54, 1.807) is 6.07 Å². The van der Waals surface area contributed by atoms with E-state index in [-0.39, 0.29) is 23.5 Å². The molecule has 0 unspecified atom stereocenters. The molecule has 0 heterocycles. The minimum Gasteiger partial charge on any atom is -0.489 e. The molecule has 0 aromatic heterocycles. The lowest BCUT2D eigenvalue weighted by molar-refractivity contribution is -0.387. The van der Waals surface area contributed by atoms with Gasteiger partial charge in [-0.05, 0) is 12.1 Å². The minimum atomic E-state index is -1.04. The number of nitriles is 1. The molecule has 0 aliphatic rings. The SMILES string of the molecule is N#Cc1cccc(COc2ccc([N+](=O)[O-])c(F)c2)c1F. The highest BCUT2D eigenvalue weighted by atomic mass is 19.1. The van der Waals surface area contributed by atoms with Gasteiger partial charge in [-0.1, -0.05) is 12.1 Å². The lowest BCUT2D eigenvalue weighted by atomic mass is 10.1. The molecule has 0 radical (unpaired) electrons. The van der Waals surface area contributed by atoms with Crippen LogP contribution >= 0.6 is 0 Å². The first kappa shape index (κ1) is 14.4. The van der Waals surface area contributed by atoms with Crippen LogP contribution in [0.2, 0.25) is 0 Å². The Morgan fingerprint density at radius 2 is 2.05 bits per heavy atom. The molecule has 0 bridgehead atoms. The van der Waals surface area contributed by atoms with Crippen LogP contribution in [0.25, 0.3) is 0 Å².